The minimum atomic E-state index is -3.39. The molecule has 6 nitrogen and oxygen atoms in total. The van der Waals surface area contributed by atoms with E-state index in [1.165, 1.54) is 32.7 Å². The van der Waals surface area contributed by atoms with E-state index in [1.807, 2.05) is 0 Å². The molecule has 0 bridgehead atoms. The standard InChI is InChI=1S/C18H32N4O2S.HI/c1-5-6-7-8-9-15(2)22-18(19-3)21-14-16-10-12-17(13-11-16)25(23,24)20-4;/h10-13,15,20H,5-9,14H2,1-4H3,(H2,19,21,22);1H. The largest absolute Gasteiger partial charge is 0.354 e. The van der Waals surface area contributed by atoms with Gasteiger partial charge in [-0.1, -0.05) is 44.7 Å². The molecule has 0 aliphatic rings. The van der Waals surface area contributed by atoms with E-state index in [1.54, 1.807) is 31.3 Å². The first kappa shape index (κ1) is 25.1. The van der Waals surface area contributed by atoms with E-state index in [-0.39, 0.29) is 28.9 Å². The maximum Gasteiger partial charge on any atom is 0.240 e. The number of nitrogens with zero attached hydrogens (tertiary/aromatic N) is 1. The van der Waals surface area contributed by atoms with Gasteiger partial charge in [0.2, 0.25) is 10.0 Å². The van der Waals surface area contributed by atoms with Gasteiger partial charge in [-0.3, -0.25) is 4.99 Å². The molecular weight excluding hydrogens is 463 g/mol. The summed E-state index contributed by atoms with van der Waals surface area (Å²) in [5.74, 6) is 0.759. The van der Waals surface area contributed by atoms with E-state index >= 15 is 0 Å². The van der Waals surface area contributed by atoms with Crippen molar-refractivity contribution in [1.29, 1.82) is 0 Å². The predicted molar refractivity (Wildman–Crippen MR) is 120 cm³/mol. The summed E-state index contributed by atoms with van der Waals surface area (Å²) in [5, 5.41) is 6.66. The topological polar surface area (TPSA) is 82.6 Å². The number of rotatable bonds is 10. The van der Waals surface area contributed by atoms with Crippen molar-refractivity contribution in [2.24, 2.45) is 4.99 Å². The van der Waals surface area contributed by atoms with Gasteiger partial charge in [-0.2, -0.15) is 0 Å². The molecule has 8 heteroatoms. The van der Waals surface area contributed by atoms with Crippen LogP contribution < -0.4 is 15.4 Å². The Hall–Kier alpha value is -0.870. The van der Waals surface area contributed by atoms with Crippen LogP contribution >= 0.6 is 24.0 Å². The molecule has 0 saturated carbocycles. The fourth-order valence-corrected chi connectivity index (χ4v) is 3.20. The molecule has 1 atom stereocenters. The van der Waals surface area contributed by atoms with Crippen molar-refractivity contribution < 1.29 is 8.42 Å². The molecule has 1 unspecified atom stereocenters. The lowest BCUT2D eigenvalue weighted by Gasteiger charge is -2.18. The summed E-state index contributed by atoms with van der Waals surface area (Å²) in [6.07, 6.45) is 6.16. The van der Waals surface area contributed by atoms with Crippen LogP contribution in [0.4, 0.5) is 0 Å². The van der Waals surface area contributed by atoms with Gasteiger partial charge in [-0.05, 0) is 38.1 Å². The minimum absolute atomic E-state index is 0. The highest BCUT2D eigenvalue weighted by atomic mass is 127. The van der Waals surface area contributed by atoms with Crippen molar-refractivity contribution in [3.8, 4) is 0 Å². The summed E-state index contributed by atoms with van der Waals surface area (Å²) in [7, 11) is -0.228. The Balaban J connectivity index is 0.00000625. The van der Waals surface area contributed by atoms with Crippen molar-refractivity contribution in [2.45, 2.75) is 63.4 Å². The Bertz CT molecular complexity index is 633. The van der Waals surface area contributed by atoms with Crippen molar-refractivity contribution in [3.05, 3.63) is 29.8 Å². The zero-order valence-corrected chi connectivity index (χ0v) is 19.4. The Morgan fingerprint density at radius 3 is 2.35 bits per heavy atom. The monoisotopic (exact) mass is 496 g/mol. The van der Waals surface area contributed by atoms with E-state index in [0.29, 0.717) is 12.6 Å². The van der Waals surface area contributed by atoms with Crippen LogP contribution in [0.1, 0.15) is 51.5 Å². The van der Waals surface area contributed by atoms with Crippen LogP contribution in [0, 0.1) is 0 Å². The highest BCUT2D eigenvalue weighted by Crippen LogP contribution is 2.10. The summed E-state index contributed by atoms with van der Waals surface area (Å²) >= 11 is 0. The minimum Gasteiger partial charge on any atom is -0.354 e. The summed E-state index contributed by atoms with van der Waals surface area (Å²) in [5.41, 5.74) is 0.994. The van der Waals surface area contributed by atoms with E-state index in [2.05, 4.69) is 34.2 Å². The first-order valence-electron chi connectivity index (χ1n) is 8.92. The van der Waals surface area contributed by atoms with Crippen LogP contribution in [0.5, 0.6) is 0 Å². The number of halogens is 1. The van der Waals surface area contributed by atoms with Gasteiger partial charge in [0.15, 0.2) is 5.96 Å². The normalized spacial score (nSPS) is 13.0. The molecule has 0 saturated heterocycles. The zero-order chi connectivity index (χ0) is 18.7. The molecule has 0 spiro atoms. The van der Waals surface area contributed by atoms with Crippen LogP contribution in [0.3, 0.4) is 0 Å². The third kappa shape index (κ3) is 9.18. The number of unbranched alkanes of at least 4 members (excludes halogenated alkanes) is 3. The van der Waals surface area contributed by atoms with Crippen molar-refractivity contribution in [1.82, 2.24) is 15.4 Å². The molecule has 3 N–H and O–H groups in total. The number of guanidine groups is 1. The molecule has 1 rings (SSSR count). The summed E-state index contributed by atoms with van der Waals surface area (Å²) in [4.78, 5) is 4.51. The van der Waals surface area contributed by atoms with Gasteiger partial charge in [0, 0.05) is 19.6 Å². The number of hydrogen-bond donors (Lipinski definition) is 3. The van der Waals surface area contributed by atoms with Crippen LogP contribution in [0.15, 0.2) is 34.2 Å². The summed E-state index contributed by atoms with van der Waals surface area (Å²) in [6, 6.07) is 7.19. The maximum absolute atomic E-state index is 11.7. The molecule has 0 amide bonds. The van der Waals surface area contributed by atoms with E-state index in [4.69, 9.17) is 0 Å². The lowest BCUT2D eigenvalue weighted by Crippen LogP contribution is -2.41. The molecular formula is C18H33IN4O2S. The van der Waals surface area contributed by atoms with Gasteiger partial charge in [0.05, 0.1) is 4.90 Å². The first-order chi connectivity index (χ1) is 11.9. The molecule has 0 fully saturated rings. The molecule has 26 heavy (non-hydrogen) atoms. The van der Waals surface area contributed by atoms with Gasteiger partial charge >= 0.3 is 0 Å². The van der Waals surface area contributed by atoms with Gasteiger partial charge in [-0.25, -0.2) is 13.1 Å². The summed E-state index contributed by atoms with van der Waals surface area (Å²) < 4.78 is 25.7. The number of benzene rings is 1. The van der Waals surface area contributed by atoms with E-state index in [9.17, 15) is 8.42 Å². The number of hydrogen-bond acceptors (Lipinski definition) is 3. The third-order valence-electron chi connectivity index (χ3n) is 4.06. The van der Waals surface area contributed by atoms with Gasteiger partial charge < -0.3 is 10.6 Å². The second-order valence-electron chi connectivity index (χ2n) is 6.17. The Labute approximate surface area is 175 Å². The molecule has 0 radical (unpaired) electrons. The summed E-state index contributed by atoms with van der Waals surface area (Å²) in [6.45, 7) is 4.96. The number of sulfonamides is 1. The smallest absolute Gasteiger partial charge is 0.240 e. The second kappa shape index (κ2) is 13.3. The maximum atomic E-state index is 11.7. The second-order valence-corrected chi connectivity index (χ2v) is 8.06. The van der Waals surface area contributed by atoms with Crippen molar-refractivity contribution in [3.63, 3.8) is 0 Å². The Morgan fingerprint density at radius 1 is 1.15 bits per heavy atom. The SMILES string of the molecule is CCCCCCC(C)NC(=NC)NCc1ccc(S(=O)(=O)NC)cc1.I. The van der Waals surface area contributed by atoms with Crippen LogP contribution in [-0.2, 0) is 16.6 Å². The van der Waals surface area contributed by atoms with Crippen molar-refractivity contribution >= 4 is 40.0 Å². The Morgan fingerprint density at radius 2 is 1.81 bits per heavy atom. The van der Waals surface area contributed by atoms with Crippen LogP contribution in [0.2, 0.25) is 0 Å². The van der Waals surface area contributed by atoms with Gasteiger partial charge in [0.25, 0.3) is 0 Å². The molecule has 0 aliphatic carbocycles. The zero-order valence-electron chi connectivity index (χ0n) is 16.2. The van der Waals surface area contributed by atoms with E-state index < -0.39 is 10.0 Å². The first-order valence-corrected chi connectivity index (χ1v) is 10.4. The average molecular weight is 496 g/mol. The quantitative estimate of drug-likeness (QED) is 0.201. The molecule has 1 aromatic rings. The van der Waals surface area contributed by atoms with Gasteiger partial charge in [0.1, 0.15) is 0 Å². The van der Waals surface area contributed by atoms with Crippen LogP contribution in [-0.4, -0.2) is 34.5 Å². The van der Waals surface area contributed by atoms with Crippen molar-refractivity contribution in [2.75, 3.05) is 14.1 Å². The molecule has 0 aliphatic heterocycles. The number of nitrogens with one attached hydrogen (secondary N) is 3. The molecule has 0 heterocycles. The average Bonchev–Trinajstić information content (AvgIpc) is 2.62. The number of aliphatic imine (C=N–C) groups is 1. The Kier molecular flexibility index (Phi) is 12.9. The molecule has 1 aromatic carbocycles. The molecule has 0 aromatic heterocycles. The fraction of sp³-hybridized carbons (Fsp3) is 0.611. The predicted octanol–water partition coefficient (Wildman–Crippen LogP) is 3.24. The molecule has 150 valence electrons. The lowest BCUT2D eigenvalue weighted by molar-refractivity contribution is 0.537. The van der Waals surface area contributed by atoms with Crippen LogP contribution in [0.25, 0.3) is 0 Å². The third-order valence-corrected chi connectivity index (χ3v) is 5.49. The lowest BCUT2D eigenvalue weighted by atomic mass is 10.1. The highest BCUT2D eigenvalue weighted by Gasteiger charge is 2.10. The van der Waals surface area contributed by atoms with Gasteiger partial charge in [-0.15, -0.1) is 24.0 Å². The van der Waals surface area contributed by atoms with E-state index in [0.717, 1.165) is 17.9 Å². The fourth-order valence-electron chi connectivity index (χ4n) is 2.47. The highest BCUT2D eigenvalue weighted by molar-refractivity contribution is 14.0.